The van der Waals surface area contributed by atoms with Crippen LogP contribution in [0, 0.1) is 0 Å². The van der Waals surface area contributed by atoms with Crippen LogP contribution in [0.2, 0.25) is 0 Å². The van der Waals surface area contributed by atoms with Crippen LogP contribution in [-0.2, 0) is 16.2 Å². The molecule has 9 heteroatoms. The van der Waals surface area contributed by atoms with Crippen LogP contribution in [0.1, 0.15) is 11.1 Å². The first kappa shape index (κ1) is 26.1. The number of thiocarbonyl (C=S) groups is 1. The lowest BCUT2D eigenvalue weighted by Crippen LogP contribution is -2.54. The van der Waals surface area contributed by atoms with Gasteiger partial charge in [-0.1, -0.05) is 58.4 Å². The number of ether oxygens (including phenoxy) is 2. The minimum atomic E-state index is -0.570. The number of rotatable bonds is 6. The quantitative estimate of drug-likeness (QED) is 0.141. The third-order valence-corrected chi connectivity index (χ3v) is 7.40. The van der Waals surface area contributed by atoms with Crippen LogP contribution in [0.15, 0.2) is 93.4 Å². The van der Waals surface area contributed by atoms with E-state index in [2.05, 4.69) is 55.4 Å². The summed E-state index contributed by atoms with van der Waals surface area (Å²) in [6, 6.07) is 24.8. The minimum absolute atomic E-state index is 0.0235. The molecule has 1 heterocycles. The summed E-state index contributed by atoms with van der Waals surface area (Å²) in [4.78, 5) is 27.4. The Labute approximate surface area is 241 Å². The van der Waals surface area contributed by atoms with E-state index in [0.717, 1.165) is 20.8 Å². The Balaban J connectivity index is 1.44. The molecule has 1 aliphatic heterocycles. The third-order valence-electron chi connectivity index (χ3n) is 6.00. The molecular formula is C29H20Br2N2O4S. The number of hydrogen-bond donors (Lipinski definition) is 1. The molecule has 4 aromatic carbocycles. The molecule has 4 aromatic rings. The van der Waals surface area contributed by atoms with E-state index in [1.165, 1.54) is 18.1 Å². The van der Waals surface area contributed by atoms with Crippen molar-refractivity contribution in [1.82, 2.24) is 5.32 Å². The monoisotopic (exact) mass is 650 g/mol. The van der Waals surface area contributed by atoms with E-state index in [1.807, 2.05) is 24.3 Å². The molecule has 6 nitrogen and oxygen atoms in total. The smallest absolute Gasteiger partial charge is 0.270 e. The van der Waals surface area contributed by atoms with E-state index in [-0.39, 0.29) is 10.7 Å². The zero-order valence-electron chi connectivity index (χ0n) is 20.0. The number of hydrogen-bond acceptors (Lipinski definition) is 5. The molecule has 0 aromatic heterocycles. The summed E-state index contributed by atoms with van der Waals surface area (Å²) in [6.45, 7) is 0.331. The van der Waals surface area contributed by atoms with Crippen LogP contribution in [0.25, 0.3) is 16.8 Å². The Hall–Kier alpha value is -3.53. The highest BCUT2D eigenvalue weighted by atomic mass is 79.9. The van der Waals surface area contributed by atoms with E-state index < -0.39 is 11.8 Å². The number of benzene rings is 4. The van der Waals surface area contributed by atoms with Gasteiger partial charge in [0.05, 0.1) is 17.3 Å². The number of carbonyl (C=O) groups is 2. The molecule has 0 unspecified atom stereocenters. The Morgan fingerprint density at radius 1 is 0.974 bits per heavy atom. The Bertz CT molecular complexity index is 1610. The molecule has 0 bridgehead atoms. The Morgan fingerprint density at radius 3 is 2.47 bits per heavy atom. The van der Waals surface area contributed by atoms with Gasteiger partial charge in [0.15, 0.2) is 16.6 Å². The second-order valence-electron chi connectivity index (χ2n) is 8.40. The van der Waals surface area contributed by atoms with Crippen molar-refractivity contribution in [3.63, 3.8) is 0 Å². The van der Waals surface area contributed by atoms with E-state index in [0.29, 0.717) is 33.8 Å². The van der Waals surface area contributed by atoms with E-state index in [9.17, 15) is 9.59 Å². The van der Waals surface area contributed by atoms with Gasteiger partial charge in [-0.15, -0.1) is 0 Å². The molecule has 0 aliphatic carbocycles. The number of anilines is 1. The summed E-state index contributed by atoms with van der Waals surface area (Å²) in [7, 11) is 1.54. The average Bonchev–Trinajstić information content (AvgIpc) is 2.91. The molecule has 5 rings (SSSR count). The van der Waals surface area contributed by atoms with Crippen LogP contribution in [0.4, 0.5) is 5.69 Å². The summed E-state index contributed by atoms with van der Waals surface area (Å²) in [6.07, 6.45) is 1.51. The van der Waals surface area contributed by atoms with Crippen LogP contribution in [-0.4, -0.2) is 24.0 Å². The Kier molecular flexibility index (Phi) is 7.60. The van der Waals surface area contributed by atoms with Crippen LogP contribution < -0.4 is 19.7 Å². The summed E-state index contributed by atoms with van der Waals surface area (Å²) < 4.78 is 13.2. The van der Waals surface area contributed by atoms with Crippen LogP contribution in [0.5, 0.6) is 11.5 Å². The fraction of sp³-hybridized carbons (Fsp3) is 0.0690. The lowest BCUT2D eigenvalue weighted by molar-refractivity contribution is -0.122. The maximum Gasteiger partial charge on any atom is 0.270 e. The topological polar surface area (TPSA) is 67.9 Å². The van der Waals surface area contributed by atoms with Gasteiger partial charge < -0.3 is 9.47 Å². The highest BCUT2D eigenvalue weighted by molar-refractivity contribution is 9.10. The predicted molar refractivity (Wildman–Crippen MR) is 159 cm³/mol. The second kappa shape index (κ2) is 11.1. The van der Waals surface area contributed by atoms with Crippen LogP contribution in [0.3, 0.4) is 0 Å². The van der Waals surface area contributed by atoms with Gasteiger partial charge in [0.2, 0.25) is 0 Å². The van der Waals surface area contributed by atoms with Gasteiger partial charge in [-0.25, -0.2) is 0 Å². The molecule has 1 N–H and O–H groups in total. The molecule has 0 spiro atoms. The van der Waals surface area contributed by atoms with Crippen molar-refractivity contribution in [2.24, 2.45) is 0 Å². The molecule has 2 amide bonds. The van der Waals surface area contributed by atoms with Crippen molar-refractivity contribution < 1.29 is 19.1 Å². The van der Waals surface area contributed by atoms with Crippen molar-refractivity contribution in [2.75, 3.05) is 12.0 Å². The van der Waals surface area contributed by atoms with Crippen molar-refractivity contribution >= 4 is 83.5 Å². The normalized spacial score (nSPS) is 14.7. The molecule has 0 saturated carbocycles. The fourth-order valence-electron chi connectivity index (χ4n) is 4.18. The van der Waals surface area contributed by atoms with Crippen LogP contribution >= 0.6 is 44.1 Å². The summed E-state index contributed by atoms with van der Waals surface area (Å²) in [5.41, 5.74) is 2.11. The highest BCUT2D eigenvalue weighted by Gasteiger charge is 2.34. The van der Waals surface area contributed by atoms with Gasteiger partial charge in [0.1, 0.15) is 12.2 Å². The lowest BCUT2D eigenvalue weighted by Gasteiger charge is -2.29. The van der Waals surface area contributed by atoms with Crippen molar-refractivity contribution in [1.29, 1.82) is 0 Å². The first-order valence-electron chi connectivity index (χ1n) is 11.5. The number of methoxy groups -OCH3 is 1. The van der Waals surface area contributed by atoms with Gasteiger partial charge in [-0.05, 0) is 92.5 Å². The molecule has 1 saturated heterocycles. The number of fused-ring (bicyclic) bond motifs is 1. The van der Waals surface area contributed by atoms with Crippen molar-refractivity contribution in [2.45, 2.75) is 6.61 Å². The van der Waals surface area contributed by atoms with Gasteiger partial charge >= 0.3 is 0 Å². The van der Waals surface area contributed by atoms with Gasteiger partial charge in [0.25, 0.3) is 11.8 Å². The second-order valence-corrected chi connectivity index (χ2v) is 10.6. The summed E-state index contributed by atoms with van der Waals surface area (Å²) >= 11 is 12.2. The summed E-state index contributed by atoms with van der Waals surface area (Å²) in [5.74, 6) is -0.123. The highest BCUT2D eigenvalue weighted by Crippen LogP contribution is 2.38. The minimum Gasteiger partial charge on any atom is -0.493 e. The van der Waals surface area contributed by atoms with Gasteiger partial charge in [-0.3, -0.25) is 19.8 Å². The zero-order chi connectivity index (χ0) is 26.8. The predicted octanol–water partition coefficient (Wildman–Crippen LogP) is 6.78. The maximum absolute atomic E-state index is 13.3. The van der Waals surface area contributed by atoms with E-state index >= 15 is 0 Å². The number of halogens is 2. The van der Waals surface area contributed by atoms with Gasteiger partial charge in [-0.2, -0.15) is 0 Å². The Morgan fingerprint density at radius 2 is 1.71 bits per heavy atom. The fourth-order valence-corrected chi connectivity index (χ4v) is 5.30. The largest absolute Gasteiger partial charge is 0.493 e. The number of carbonyl (C=O) groups excluding carboxylic acids is 2. The number of amides is 2. The van der Waals surface area contributed by atoms with Crippen molar-refractivity contribution in [3.8, 4) is 11.5 Å². The third kappa shape index (κ3) is 5.22. The van der Waals surface area contributed by atoms with Gasteiger partial charge in [0, 0.05) is 4.47 Å². The molecule has 0 radical (unpaired) electrons. The van der Waals surface area contributed by atoms with Crippen molar-refractivity contribution in [3.05, 3.63) is 105 Å². The average molecular weight is 652 g/mol. The number of nitrogens with zero attached hydrogens (tertiary/aromatic N) is 1. The molecule has 0 atom stereocenters. The molecular weight excluding hydrogens is 632 g/mol. The van der Waals surface area contributed by atoms with E-state index in [4.69, 9.17) is 21.7 Å². The van der Waals surface area contributed by atoms with E-state index in [1.54, 1.807) is 36.4 Å². The standard InChI is InChI=1S/C29H20Br2N2O4S/c1-36-25-15-17(13-23-27(34)32-29(38)33(28(23)35)21-11-9-20(30)10-12-21)14-24(31)26(25)37-16-19-7-4-6-18-5-2-3-8-22(18)19/h2-15H,16H2,1H3,(H,32,34,38)/b23-13-. The SMILES string of the molecule is COc1cc(/C=C2/C(=O)NC(=S)N(c3ccc(Br)cc3)C2=O)cc(Br)c1OCc1cccc2ccccc12. The molecule has 1 fully saturated rings. The lowest BCUT2D eigenvalue weighted by atomic mass is 10.1. The molecule has 38 heavy (non-hydrogen) atoms. The molecule has 190 valence electrons. The maximum atomic E-state index is 13.3. The first-order valence-corrected chi connectivity index (χ1v) is 13.5. The number of nitrogens with one attached hydrogen (secondary N) is 1. The first-order chi connectivity index (χ1) is 18.4. The molecule has 1 aliphatic rings. The summed E-state index contributed by atoms with van der Waals surface area (Å²) in [5, 5.41) is 4.87. The zero-order valence-corrected chi connectivity index (χ0v) is 24.0.